The van der Waals surface area contributed by atoms with Crippen LogP contribution >= 0.6 is 23.1 Å². The van der Waals surface area contributed by atoms with Crippen molar-refractivity contribution in [2.24, 2.45) is 0 Å². The van der Waals surface area contributed by atoms with Gasteiger partial charge in [-0.15, -0.1) is 11.8 Å². The molecule has 0 aliphatic carbocycles. The SMILES string of the molecule is CSc1ccc2nc(Nc3ccc(C(C)=O)cc3)sc2c1. The summed E-state index contributed by atoms with van der Waals surface area (Å²) in [6, 6.07) is 13.7. The van der Waals surface area contributed by atoms with E-state index in [4.69, 9.17) is 0 Å². The Morgan fingerprint density at radius 3 is 2.62 bits per heavy atom. The molecule has 0 radical (unpaired) electrons. The Morgan fingerprint density at radius 1 is 1.19 bits per heavy atom. The van der Waals surface area contributed by atoms with E-state index in [9.17, 15) is 4.79 Å². The molecular formula is C16H14N2OS2. The lowest BCUT2D eigenvalue weighted by atomic mass is 10.1. The fourth-order valence-electron chi connectivity index (χ4n) is 2.00. The molecule has 0 saturated carbocycles. The molecule has 2 aromatic carbocycles. The summed E-state index contributed by atoms with van der Waals surface area (Å²) < 4.78 is 1.17. The zero-order chi connectivity index (χ0) is 14.8. The minimum Gasteiger partial charge on any atom is -0.332 e. The van der Waals surface area contributed by atoms with E-state index in [0.717, 1.165) is 21.9 Å². The van der Waals surface area contributed by atoms with E-state index in [1.807, 2.05) is 30.3 Å². The Kier molecular flexibility index (Phi) is 3.94. The van der Waals surface area contributed by atoms with E-state index in [2.05, 4.69) is 28.7 Å². The number of benzene rings is 2. The van der Waals surface area contributed by atoms with Crippen LogP contribution in [-0.2, 0) is 0 Å². The second-order valence-electron chi connectivity index (χ2n) is 4.61. The highest BCUT2D eigenvalue weighted by molar-refractivity contribution is 7.98. The van der Waals surface area contributed by atoms with Gasteiger partial charge in [-0.1, -0.05) is 11.3 Å². The molecule has 0 aliphatic rings. The van der Waals surface area contributed by atoms with E-state index >= 15 is 0 Å². The van der Waals surface area contributed by atoms with Crippen molar-refractivity contribution in [3.63, 3.8) is 0 Å². The predicted octanol–water partition coefficient (Wildman–Crippen LogP) is 4.96. The Morgan fingerprint density at radius 2 is 1.95 bits per heavy atom. The molecule has 0 spiro atoms. The molecule has 1 N–H and O–H groups in total. The van der Waals surface area contributed by atoms with E-state index in [-0.39, 0.29) is 5.78 Å². The van der Waals surface area contributed by atoms with Crippen LogP contribution in [0.1, 0.15) is 17.3 Å². The monoisotopic (exact) mass is 314 g/mol. The molecule has 0 unspecified atom stereocenters. The average molecular weight is 314 g/mol. The Bertz CT molecular complexity index is 794. The lowest BCUT2D eigenvalue weighted by Gasteiger charge is -2.02. The maximum Gasteiger partial charge on any atom is 0.188 e. The maximum atomic E-state index is 11.3. The molecule has 1 aromatic heterocycles. The van der Waals surface area contributed by atoms with Gasteiger partial charge in [-0.25, -0.2) is 4.98 Å². The van der Waals surface area contributed by atoms with Gasteiger partial charge in [0.25, 0.3) is 0 Å². The van der Waals surface area contributed by atoms with Gasteiger partial charge < -0.3 is 5.32 Å². The molecular weight excluding hydrogens is 300 g/mol. The highest BCUT2D eigenvalue weighted by Gasteiger charge is 2.05. The zero-order valence-electron chi connectivity index (χ0n) is 11.7. The number of nitrogens with one attached hydrogen (secondary N) is 1. The molecule has 3 aromatic rings. The first-order chi connectivity index (χ1) is 10.2. The smallest absolute Gasteiger partial charge is 0.188 e. The lowest BCUT2D eigenvalue weighted by Crippen LogP contribution is -1.93. The van der Waals surface area contributed by atoms with Crippen LogP contribution in [0.25, 0.3) is 10.2 Å². The van der Waals surface area contributed by atoms with Crippen LogP contribution < -0.4 is 5.32 Å². The molecule has 0 fully saturated rings. The van der Waals surface area contributed by atoms with E-state index in [1.165, 1.54) is 9.60 Å². The number of carbonyl (C=O) groups is 1. The van der Waals surface area contributed by atoms with E-state index < -0.39 is 0 Å². The van der Waals surface area contributed by atoms with Gasteiger partial charge in [0, 0.05) is 16.1 Å². The number of carbonyl (C=O) groups excluding carboxylic acids is 1. The van der Waals surface area contributed by atoms with Gasteiger partial charge in [-0.3, -0.25) is 4.79 Å². The van der Waals surface area contributed by atoms with E-state index in [1.54, 1.807) is 30.0 Å². The van der Waals surface area contributed by atoms with Gasteiger partial charge in [0.1, 0.15) is 0 Å². The first-order valence-corrected chi connectivity index (χ1v) is 8.52. The first kappa shape index (κ1) is 14.1. The second kappa shape index (κ2) is 5.87. The number of Topliss-reactive ketones (excluding diaryl/α,β-unsaturated/α-hetero) is 1. The molecule has 0 bridgehead atoms. The third kappa shape index (κ3) is 3.09. The van der Waals surface area contributed by atoms with Gasteiger partial charge in [0.05, 0.1) is 10.2 Å². The van der Waals surface area contributed by atoms with Crippen molar-refractivity contribution in [3.8, 4) is 0 Å². The summed E-state index contributed by atoms with van der Waals surface area (Å²) in [6.45, 7) is 1.57. The molecule has 106 valence electrons. The number of thiazole rings is 1. The lowest BCUT2D eigenvalue weighted by molar-refractivity contribution is 0.101. The minimum absolute atomic E-state index is 0.0751. The normalized spacial score (nSPS) is 10.8. The summed E-state index contributed by atoms with van der Waals surface area (Å²) in [5.74, 6) is 0.0751. The third-order valence-corrected chi connectivity index (χ3v) is 4.80. The number of hydrogen-bond donors (Lipinski definition) is 1. The number of thioether (sulfide) groups is 1. The Labute approximate surface area is 131 Å². The predicted molar refractivity (Wildman–Crippen MR) is 91.1 cm³/mol. The Balaban J connectivity index is 1.85. The van der Waals surface area contributed by atoms with Crippen molar-refractivity contribution in [3.05, 3.63) is 48.0 Å². The summed E-state index contributed by atoms with van der Waals surface area (Å²) in [7, 11) is 0. The summed E-state index contributed by atoms with van der Waals surface area (Å²) in [5.41, 5.74) is 2.65. The number of ketones is 1. The van der Waals surface area contributed by atoms with Gasteiger partial charge in [0.2, 0.25) is 0 Å². The molecule has 0 atom stereocenters. The molecule has 3 nitrogen and oxygen atoms in total. The first-order valence-electron chi connectivity index (χ1n) is 6.48. The van der Waals surface area contributed by atoms with Gasteiger partial charge in [-0.05, 0) is 55.6 Å². The van der Waals surface area contributed by atoms with Gasteiger partial charge in [0.15, 0.2) is 10.9 Å². The molecule has 1 heterocycles. The fourth-order valence-corrected chi connectivity index (χ4v) is 3.44. The number of anilines is 2. The van der Waals surface area contributed by atoms with Crippen LogP contribution in [0.2, 0.25) is 0 Å². The second-order valence-corrected chi connectivity index (χ2v) is 6.52. The van der Waals surface area contributed by atoms with Crippen LogP contribution in [0, 0.1) is 0 Å². The maximum absolute atomic E-state index is 11.3. The van der Waals surface area contributed by atoms with Crippen LogP contribution in [0.5, 0.6) is 0 Å². The van der Waals surface area contributed by atoms with Crippen molar-refractivity contribution >= 4 is 49.9 Å². The molecule has 21 heavy (non-hydrogen) atoms. The third-order valence-electron chi connectivity index (χ3n) is 3.14. The molecule has 3 rings (SSSR count). The van der Waals surface area contributed by atoms with Crippen molar-refractivity contribution in [1.82, 2.24) is 4.98 Å². The summed E-state index contributed by atoms with van der Waals surface area (Å²) in [5, 5.41) is 4.15. The summed E-state index contributed by atoms with van der Waals surface area (Å²) >= 11 is 3.36. The van der Waals surface area contributed by atoms with Crippen molar-refractivity contribution in [2.75, 3.05) is 11.6 Å². The average Bonchev–Trinajstić information content (AvgIpc) is 2.88. The van der Waals surface area contributed by atoms with Gasteiger partial charge in [-0.2, -0.15) is 0 Å². The zero-order valence-corrected chi connectivity index (χ0v) is 13.3. The molecule has 0 amide bonds. The van der Waals surface area contributed by atoms with E-state index in [0.29, 0.717) is 0 Å². The summed E-state index contributed by atoms with van der Waals surface area (Å²) in [4.78, 5) is 17.1. The molecule has 0 saturated heterocycles. The number of aromatic nitrogens is 1. The van der Waals surface area contributed by atoms with Crippen LogP contribution in [0.4, 0.5) is 10.8 Å². The largest absolute Gasteiger partial charge is 0.332 e. The van der Waals surface area contributed by atoms with Crippen molar-refractivity contribution in [2.45, 2.75) is 11.8 Å². The molecule has 5 heteroatoms. The molecule has 0 aliphatic heterocycles. The summed E-state index contributed by atoms with van der Waals surface area (Å²) in [6.07, 6.45) is 2.07. The Hall–Kier alpha value is -1.85. The van der Waals surface area contributed by atoms with Gasteiger partial charge >= 0.3 is 0 Å². The quantitative estimate of drug-likeness (QED) is 0.545. The number of fused-ring (bicyclic) bond motifs is 1. The van der Waals surface area contributed by atoms with Crippen molar-refractivity contribution in [1.29, 1.82) is 0 Å². The minimum atomic E-state index is 0.0751. The fraction of sp³-hybridized carbons (Fsp3) is 0.125. The van der Waals surface area contributed by atoms with Crippen molar-refractivity contribution < 1.29 is 4.79 Å². The standard InChI is InChI=1S/C16H14N2OS2/c1-10(19)11-3-5-12(6-4-11)17-16-18-14-8-7-13(20-2)9-15(14)21-16/h3-9H,1-2H3,(H,17,18). The van der Waals surface area contributed by atoms with Crippen LogP contribution in [0.3, 0.4) is 0 Å². The highest BCUT2D eigenvalue weighted by Crippen LogP contribution is 2.31. The topological polar surface area (TPSA) is 42.0 Å². The van der Waals surface area contributed by atoms with Crippen LogP contribution in [0.15, 0.2) is 47.4 Å². The highest BCUT2D eigenvalue weighted by atomic mass is 32.2. The number of hydrogen-bond acceptors (Lipinski definition) is 5. The number of rotatable bonds is 4. The van der Waals surface area contributed by atoms with Crippen LogP contribution in [-0.4, -0.2) is 17.0 Å². The number of nitrogens with zero attached hydrogens (tertiary/aromatic N) is 1.